The minimum absolute atomic E-state index is 0.00926. The van der Waals surface area contributed by atoms with Gasteiger partial charge in [-0.3, -0.25) is 5.17 Å². The Kier molecular flexibility index (Phi) is 2.86. The van der Waals surface area contributed by atoms with Gasteiger partial charge < -0.3 is 5.21 Å². The van der Waals surface area contributed by atoms with Gasteiger partial charge in [0.05, 0.1) is 0 Å². The van der Waals surface area contributed by atoms with Gasteiger partial charge in [0.1, 0.15) is 6.04 Å². The predicted molar refractivity (Wildman–Crippen MR) is 26.8 cm³/mol. The fourth-order valence-corrected chi connectivity index (χ4v) is 0.167. The van der Waals surface area contributed by atoms with Crippen LogP contribution in [0.5, 0.6) is 0 Å². The van der Waals surface area contributed by atoms with Crippen LogP contribution in [0.4, 0.5) is 0 Å². The zero-order valence-electron chi connectivity index (χ0n) is 4.56. The Bertz CT molecular complexity index is 47.4. The van der Waals surface area contributed by atoms with E-state index in [9.17, 15) is 5.21 Å². The topological polar surface area (TPSA) is 65.5 Å². The Morgan fingerprint density at radius 1 is 1.71 bits per heavy atom. The van der Waals surface area contributed by atoms with Gasteiger partial charge >= 0.3 is 0 Å². The maximum Gasteiger partial charge on any atom is 0.100 e. The van der Waals surface area contributed by atoms with Gasteiger partial charge in [-0.2, -0.15) is 0 Å². The summed E-state index contributed by atoms with van der Waals surface area (Å²) in [5, 5.41) is 10.2. The Labute approximate surface area is 42.8 Å². The monoisotopic (exact) mass is 105 g/mol. The van der Waals surface area contributed by atoms with Crippen LogP contribution >= 0.6 is 0 Å². The fourth-order valence-electron chi connectivity index (χ4n) is 0.167. The van der Waals surface area contributed by atoms with E-state index in [1.807, 2.05) is 5.53 Å². The maximum absolute atomic E-state index is 10.3. The van der Waals surface area contributed by atoms with E-state index in [1.54, 1.807) is 13.8 Å². The molecule has 0 heterocycles. The molecule has 0 saturated heterocycles. The molecule has 0 rings (SSSR count). The van der Waals surface area contributed by atoms with Gasteiger partial charge in [-0.15, -0.1) is 5.53 Å². The minimum Gasteiger partial charge on any atom is -0.612 e. The van der Waals surface area contributed by atoms with Gasteiger partial charge in [0.25, 0.3) is 0 Å². The van der Waals surface area contributed by atoms with Gasteiger partial charge in [-0.05, 0) is 13.8 Å². The van der Waals surface area contributed by atoms with Crippen molar-refractivity contribution in [3.63, 3.8) is 0 Å². The maximum atomic E-state index is 10.3. The Morgan fingerprint density at radius 2 is 2.14 bits per heavy atom. The summed E-state index contributed by atoms with van der Waals surface area (Å²) in [5.74, 6) is 4.77. The number of hydrazine groups is 1. The highest BCUT2D eigenvalue weighted by atomic mass is 16.5. The summed E-state index contributed by atoms with van der Waals surface area (Å²) in [7, 11) is 0. The largest absolute Gasteiger partial charge is 0.612 e. The van der Waals surface area contributed by atoms with Crippen molar-refractivity contribution in [2.45, 2.75) is 19.9 Å². The lowest BCUT2D eigenvalue weighted by Crippen LogP contribution is -3.18. The van der Waals surface area contributed by atoms with Gasteiger partial charge in [-0.25, -0.2) is 5.84 Å². The Morgan fingerprint density at radius 3 is 2.14 bits per heavy atom. The molecular weight excluding hydrogens is 94.1 g/mol. The highest BCUT2D eigenvalue weighted by molar-refractivity contribution is 4.27. The van der Waals surface area contributed by atoms with E-state index < -0.39 is 0 Å². The highest BCUT2D eigenvalue weighted by Gasteiger charge is 1.95. The van der Waals surface area contributed by atoms with Crippen molar-refractivity contribution in [2.24, 2.45) is 5.84 Å². The van der Waals surface area contributed by atoms with Crippen molar-refractivity contribution in [2.75, 3.05) is 0 Å². The summed E-state index contributed by atoms with van der Waals surface area (Å²) < 4.78 is 0. The van der Waals surface area contributed by atoms with Crippen molar-refractivity contribution in [3.05, 3.63) is 5.21 Å². The van der Waals surface area contributed by atoms with Gasteiger partial charge in [0.2, 0.25) is 0 Å². The fraction of sp³-hybridized carbons (Fsp3) is 1.00. The molecule has 0 aliphatic heterocycles. The molecular formula is C3H11N3O. The molecule has 0 amide bonds. The summed E-state index contributed by atoms with van der Waals surface area (Å²) in [6.07, 6.45) is 0. The smallest absolute Gasteiger partial charge is 0.100 e. The molecule has 0 aliphatic carbocycles. The van der Waals surface area contributed by atoms with E-state index in [-0.39, 0.29) is 11.2 Å². The third kappa shape index (κ3) is 2.52. The zero-order valence-corrected chi connectivity index (χ0v) is 4.56. The van der Waals surface area contributed by atoms with E-state index in [0.29, 0.717) is 0 Å². The summed E-state index contributed by atoms with van der Waals surface area (Å²) in [6.45, 7) is 3.56. The quantitative estimate of drug-likeness (QED) is 0.285. The average Bonchev–Trinajstić information content (AvgIpc) is 1.65. The standard InChI is InChI=1S/C3H11N3O/c1-3(2)6(7)5-4/h3,5-6H,4H2,1-2H3. The molecule has 0 saturated carbocycles. The van der Waals surface area contributed by atoms with Crippen molar-refractivity contribution in [1.29, 1.82) is 0 Å². The second kappa shape index (κ2) is 2.92. The molecule has 0 radical (unpaired) electrons. The highest BCUT2D eigenvalue weighted by Crippen LogP contribution is 1.60. The van der Waals surface area contributed by atoms with Crippen molar-refractivity contribution in [1.82, 2.24) is 5.53 Å². The molecule has 0 bridgehead atoms. The third-order valence-corrected chi connectivity index (χ3v) is 0.667. The summed E-state index contributed by atoms with van der Waals surface area (Å²) in [6, 6.07) is -0.00926. The van der Waals surface area contributed by atoms with E-state index in [2.05, 4.69) is 0 Å². The normalized spacial score (nSPS) is 15.0. The molecule has 7 heavy (non-hydrogen) atoms. The first-order valence-corrected chi connectivity index (χ1v) is 2.19. The summed E-state index contributed by atoms with van der Waals surface area (Å²) >= 11 is 0. The second-order valence-electron chi connectivity index (χ2n) is 1.66. The average molecular weight is 105 g/mol. The van der Waals surface area contributed by atoms with E-state index in [4.69, 9.17) is 5.84 Å². The number of hydroxylamine groups is 1. The van der Waals surface area contributed by atoms with Crippen molar-refractivity contribution < 1.29 is 5.17 Å². The molecule has 0 spiro atoms. The minimum atomic E-state index is -0.125. The lowest BCUT2D eigenvalue weighted by molar-refractivity contribution is -0.919. The predicted octanol–water partition coefficient (Wildman–Crippen LogP) is -1.84. The SMILES string of the molecule is CC(C)[NH+]([O-])NN. The number of nitrogens with two attached hydrogens (primary N) is 1. The molecule has 0 fully saturated rings. The molecule has 4 heteroatoms. The molecule has 0 aromatic rings. The molecule has 0 aromatic heterocycles. The van der Waals surface area contributed by atoms with E-state index in [0.717, 1.165) is 0 Å². The molecule has 0 aromatic carbocycles. The first-order chi connectivity index (χ1) is 3.18. The molecule has 44 valence electrons. The summed E-state index contributed by atoms with van der Waals surface area (Å²) in [5.41, 5.74) is 2.03. The molecule has 1 atom stereocenters. The Balaban J connectivity index is 3.14. The van der Waals surface area contributed by atoms with Crippen LogP contribution in [0.2, 0.25) is 0 Å². The third-order valence-electron chi connectivity index (χ3n) is 0.667. The van der Waals surface area contributed by atoms with Crippen molar-refractivity contribution >= 4 is 0 Å². The summed E-state index contributed by atoms with van der Waals surface area (Å²) in [4.78, 5) is 0. The van der Waals surface area contributed by atoms with Crippen LogP contribution in [0.25, 0.3) is 0 Å². The second-order valence-corrected chi connectivity index (χ2v) is 1.66. The van der Waals surface area contributed by atoms with Crippen LogP contribution in [-0.4, -0.2) is 6.04 Å². The van der Waals surface area contributed by atoms with Crippen LogP contribution in [0.15, 0.2) is 0 Å². The molecule has 4 N–H and O–H groups in total. The van der Waals surface area contributed by atoms with Crippen LogP contribution in [0.3, 0.4) is 0 Å². The van der Waals surface area contributed by atoms with Gasteiger partial charge in [0, 0.05) is 0 Å². The first-order valence-electron chi connectivity index (χ1n) is 2.19. The van der Waals surface area contributed by atoms with Crippen LogP contribution in [0.1, 0.15) is 13.8 Å². The lowest BCUT2D eigenvalue weighted by atomic mass is 10.4. The Hall–Kier alpha value is -0.160. The molecule has 4 nitrogen and oxygen atoms in total. The van der Waals surface area contributed by atoms with Crippen LogP contribution < -0.4 is 16.5 Å². The lowest BCUT2D eigenvalue weighted by Gasteiger charge is -2.22. The van der Waals surface area contributed by atoms with Gasteiger partial charge in [-0.1, -0.05) is 0 Å². The van der Waals surface area contributed by atoms with Gasteiger partial charge in [0.15, 0.2) is 0 Å². The first kappa shape index (κ1) is 6.84. The van der Waals surface area contributed by atoms with E-state index >= 15 is 0 Å². The van der Waals surface area contributed by atoms with E-state index in [1.165, 1.54) is 0 Å². The van der Waals surface area contributed by atoms with Crippen LogP contribution in [0, 0.1) is 5.21 Å². The van der Waals surface area contributed by atoms with Crippen molar-refractivity contribution in [3.8, 4) is 0 Å². The number of hydrogen-bond donors (Lipinski definition) is 3. The molecule has 1 unspecified atom stereocenters. The zero-order chi connectivity index (χ0) is 5.86. The molecule has 0 aliphatic rings. The number of rotatable bonds is 2. The number of quaternary nitrogens is 1. The number of hydrogen-bond acceptors (Lipinski definition) is 3. The van der Waals surface area contributed by atoms with Crippen LogP contribution in [-0.2, 0) is 0 Å². The number of nitrogens with one attached hydrogen (secondary N) is 2.